The fourth-order valence-corrected chi connectivity index (χ4v) is 1.24. The molecular formula is C9H18O2S. The van der Waals surface area contributed by atoms with Crippen molar-refractivity contribution in [3.05, 3.63) is 0 Å². The Labute approximate surface area is 80.1 Å². The maximum Gasteiger partial charge on any atom is 0.302 e. The Morgan fingerprint density at radius 3 is 2.67 bits per heavy atom. The fourth-order valence-electron chi connectivity index (χ4n) is 0.955. The quantitative estimate of drug-likeness (QED) is 0.514. The Balaban J connectivity index is 3.45. The highest BCUT2D eigenvalue weighted by atomic mass is 32.1. The second kappa shape index (κ2) is 7.47. The van der Waals surface area contributed by atoms with Gasteiger partial charge in [0.25, 0.3) is 0 Å². The maximum atomic E-state index is 10.5. The Bertz CT molecular complexity index is 126. The lowest BCUT2D eigenvalue weighted by atomic mass is 10.1. The molecule has 72 valence electrons. The Morgan fingerprint density at radius 1 is 1.58 bits per heavy atom. The van der Waals surface area contributed by atoms with Crippen LogP contribution in [0.1, 0.15) is 33.1 Å². The predicted molar refractivity (Wildman–Crippen MR) is 53.5 cm³/mol. The maximum absolute atomic E-state index is 10.5. The average Bonchev–Trinajstić information content (AvgIpc) is 2.05. The summed E-state index contributed by atoms with van der Waals surface area (Å²) in [5.41, 5.74) is 0. The summed E-state index contributed by atoms with van der Waals surface area (Å²) in [5.74, 6) is 1.03. The second-order valence-corrected chi connectivity index (χ2v) is 3.36. The van der Waals surface area contributed by atoms with E-state index >= 15 is 0 Å². The molecule has 12 heavy (non-hydrogen) atoms. The highest BCUT2D eigenvalue weighted by Crippen LogP contribution is 2.10. The summed E-state index contributed by atoms with van der Waals surface area (Å²) in [6.07, 6.45) is 3.48. The number of carbonyl (C=O) groups excluding carboxylic acids is 1. The molecule has 1 unspecified atom stereocenters. The van der Waals surface area contributed by atoms with E-state index in [0.717, 1.165) is 12.2 Å². The van der Waals surface area contributed by atoms with Gasteiger partial charge in [-0.3, -0.25) is 4.79 Å². The van der Waals surface area contributed by atoms with E-state index in [1.54, 1.807) is 0 Å². The van der Waals surface area contributed by atoms with E-state index in [4.69, 9.17) is 4.74 Å². The molecule has 0 aromatic heterocycles. The van der Waals surface area contributed by atoms with Gasteiger partial charge in [-0.15, -0.1) is 0 Å². The van der Waals surface area contributed by atoms with Gasteiger partial charge in [0.15, 0.2) is 0 Å². The molecule has 0 aromatic carbocycles. The number of carbonyl (C=O) groups is 1. The van der Waals surface area contributed by atoms with Gasteiger partial charge in [0.1, 0.15) is 0 Å². The van der Waals surface area contributed by atoms with E-state index < -0.39 is 0 Å². The van der Waals surface area contributed by atoms with Crippen molar-refractivity contribution in [2.75, 3.05) is 12.4 Å². The molecule has 0 bridgehead atoms. The van der Waals surface area contributed by atoms with Crippen molar-refractivity contribution < 1.29 is 9.53 Å². The molecule has 0 fully saturated rings. The van der Waals surface area contributed by atoms with Crippen molar-refractivity contribution in [3.63, 3.8) is 0 Å². The first-order valence-electron chi connectivity index (χ1n) is 4.45. The van der Waals surface area contributed by atoms with E-state index in [0.29, 0.717) is 12.5 Å². The minimum absolute atomic E-state index is 0.196. The van der Waals surface area contributed by atoms with Crippen molar-refractivity contribution in [2.45, 2.75) is 33.1 Å². The number of unbranched alkanes of at least 4 members (excludes halogenated alkanes) is 1. The van der Waals surface area contributed by atoms with Gasteiger partial charge >= 0.3 is 5.97 Å². The lowest BCUT2D eigenvalue weighted by Gasteiger charge is -2.12. The molecule has 3 heteroatoms. The Kier molecular flexibility index (Phi) is 7.36. The zero-order valence-electron chi connectivity index (χ0n) is 7.88. The molecule has 0 heterocycles. The lowest BCUT2D eigenvalue weighted by Crippen LogP contribution is -2.13. The number of thiol groups is 1. The minimum atomic E-state index is -0.196. The van der Waals surface area contributed by atoms with Gasteiger partial charge in [-0.2, -0.15) is 12.6 Å². The molecule has 0 saturated heterocycles. The minimum Gasteiger partial charge on any atom is -0.466 e. The molecule has 0 rings (SSSR count). The first kappa shape index (κ1) is 11.8. The summed E-state index contributed by atoms with van der Waals surface area (Å²) >= 11 is 4.20. The van der Waals surface area contributed by atoms with E-state index in [1.165, 1.54) is 19.8 Å². The van der Waals surface area contributed by atoms with Crippen LogP contribution in [0.2, 0.25) is 0 Å². The van der Waals surface area contributed by atoms with Crippen LogP contribution >= 0.6 is 12.6 Å². The van der Waals surface area contributed by atoms with Crippen LogP contribution in [0.3, 0.4) is 0 Å². The van der Waals surface area contributed by atoms with Crippen molar-refractivity contribution >= 4 is 18.6 Å². The molecule has 2 nitrogen and oxygen atoms in total. The molecule has 0 aromatic rings. The molecule has 0 amide bonds. The van der Waals surface area contributed by atoms with Crippen LogP contribution in [0.5, 0.6) is 0 Å². The summed E-state index contributed by atoms with van der Waals surface area (Å²) in [6.45, 7) is 4.12. The van der Waals surface area contributed by atoms with Crippen molar-refractivity contribution in [2.24, 2.45) is 5.92 Å². The van der Waals surface area contributed by atoms with Gasteiger partial charge in [-0.05, 0) is 12.2 Å². The fraction of sp³-hybridized carbons (Fsp3) is 0.889. The van der Waals surface area contributed by atoms with Crippen molar-refractivity contribution in [3.8, 4) is 0 Å². The van der Waals surface area contributed by atoms with Crippen molar-refractivity contribution in [1.29, 1.82) is 0 Å². The van der Waals surface area contributed by atoms with Crippen LogP contribution in [0.4, 0.5) is 0 Å². The van der Waals surface area contributed by atoms with Crippen molar-refractivity contribution in [1.82, 2.24) is 0 Å². The first-order valence-corrected chi connectivity index (χ1v) is 5.08. The monoisotopic (exact) mass is 190 g/mol. The highest BCUT2D eigenvalue weighted by molar-refractivity contribution is 7.80. The molecule has 0 radical (unpaired) electrons. The van der Waals surface area contributed by atoms with Gasteiger partial charge in [-0.1, -0.05) is 19.8 Å². The second-order valence-electron chi connectivity index (χ2n) is 2.99. The van der Waals surface area contributed by atoms with Gasteiger partial charge in [0.2, 0.25) is 0 Å². The lowest BCUT2D eigenvalue weighted by molar-refractivity contribution is -0.142. The smallest absolute Gasteiger partial charge is 0.302 e. The van der Waals surface area contributed by atoms with Crippen LogP contribution in [-0.4, -0.2) is 18.3 Å². The zero-order valence-corrected chi connectivity index (χ0v) is 8.77. The number of esters is 1. The largest absolute Gasteiger partial charge is 0.466 e. The standard InChI is InChI=1S/C9H18O2S/c1-3-4-5-9(7-12)6-11-8(2)10/h9,12H,3-7H2,1-2H3. The molecule has 0 spiro atoms. The molecular weight excluding hydrogens is 172 g/mol. The SMILES string of the molecule is CCCCC(CS)COC(C)=O. The number of rotatable bonds is 6. The van der Waals surface area contributed by atoms with E-state index in [1.807, 2.05) is 0 Å². The van der Waals surface area contributed by atoms with Crippen LogP contribution in [0, 0.1) is 5.92 Å². The molecule has 0 aliphatic heterocycles. The van der Waals surface area contributed by atoms with Crippen LogP contribution in [0.15, 0.2) is 0 Å². The van der Waals surface area contributed by atoms with E-state index in [9.17, 15) is 4.79 Å². The molecule has 0 N–H and O–H groups in total. The Hall–Kier alpha value is -0.180. The van der Waals surface area contributed by atoms with Crippen LogP contribution in [-0.2, 0) is 9.53 Å². The summed E-state index contributed by atoms with van der Waals surface area (Å²) < 4.78 is 4.90. The average molecular weight is 190 g/mol. The van der Waals surface area contributed by atoms with E-state index in [2.05, 4.69) is 19.6 Å². The zero-order chi connectivity index (χ0) is 9.40. The molecule has 0 aliphatic carbocycles. The predicted octanol–water partition coefficient (Wildman–Crippen LogP) is 2.29. The third-order valence-corrected chi connectivity index (χ3v) is 2.26. The number of ether oxygens (including phenoxy) is 1. The molecule has 1 atom stereocenters. The summed E-state index contributed by atoms with van der Waals surface area (Å²) in [6, 6.07) is 0. The summed E-state index contributed by atoms with van der Waals surface area (Å²) in [5, 5.41) is 0. The van der Waals surface area contributed by atoms with Crippen LogP contribution < -0.4 is 0 Å². The Morgan fingerprint density at radius 2 is 2.25 bits per heavy atom. The molecule has 0 aliphatic rings. The third-order valence-electron chi connectivity index (χ3n) is 1.75. The first-order chi connectivity index (χ1) is 5.70. The topological polar surface area (TPSA) is 26.3 Å². The normalized spacial score (nSPS) is 12.6. The summed E-state index contributed by atoms with van der Waals surface area (Å²) in [7, 11) is 0. The van der Waals surface area contributed by atoms with Gasteiger partial charge in [-0.25, -0.2) is 0 Å². The number of hydrogen-bond donors (Lipinski definition) is 1. The van der Waals surface area contributed by atoms with E-state index in [-0.39, 0.29) is 5.97 Å². The van der Waals surface area contributed by atoms with Crippen LogP contribution in [0.25, 0.3) is 0 Å². The van der Waals surface area contributed by atoms with Gasteiger partial charge in [0, 0.05) is 12.8 Å². The third kappa shape index (κ3) is 6.53. The van der Waals surface area contributed by atoms with Gasteiger partial charge in [0.05, 0.1) is 6.61 Å². The highest BCUT2D eigenvalue weighted by Gasteiger charge is 2.07. The van der Waals surface area contributed by atoms with Gasteiger partial charge < -0.3 is 4.74 Å². The number of hydrogen-bond acceptors (Lipinski definition) is 3. The summed E-state index contributed by atoms with van der Waals surface area (Å²) in [4.78, 5) is 10.5. The molecule has 0 saturated carbocycles.